The standard InChI is InChI=1S/C16H23BrCl2/c1-2-3-4-5-6-10-13-15(16(17,18)19)14-11-8-7-9-12-14/h7-9,11-12,15H,2-6,10,13H2,1H3. The summed E-state index contributed by atoms with van der Waals surface area (Å²) in [6, 6.07) is 10.3. The highest BCUT2D eigenvalue weighted by Crippen LogP contribution is 2.45. The molecule has 0 aliphatic carbocycles. The summed E-state index contributed by atoms with van der Waals surface area (Å²) in [6.07, 6.45) is 8.75. The Balaban J connectivity index is 2.44. The van der Waals surface area contributed by atoms with E-state index in [4.69, 9.17) is 23.2 Å². The zero-order valence-electron chi connectivity index (χ0n) is 11.5. The Morgan fingerprint density at radius 1 is 1.00 bits per heavy atom. The molecule has 0 spiro atoms. The maximum absolute atomic E-state index is 6.28. The molecule has 0 fully saturated rings. The van der Waals surface area contributed by atoms with Gasteiger partial charge < -0.3 is 0 Å². The number of alkyl halides is 3. The Morgan fingerprint density at radius 3 is 2.16 bits per heavy atom. The molecule has 1 aromatic carbocycles. The van der Waals surface area contributed by atoms with Crippen molar-refractivity contribution in [2.75, 3.05) is 0 Å². The first-order valence-corrected chi connectivity index (χ1v) is 8.72. The minimum absolute atomic E-state index is 0.142. The number of rotatable bonds is 9. The summed E-state index contributed by atoms with van der Waals surface area (Å²) in [5.74, 6) is 0.142. The van der Waals surface area contributed by atoms with Crippen molar-refractivity contribution in [3.05, 3.63) is 35.9 Å². The largest absolute Gasteiger partial charge is 0.178 e. The maximum atomic E-state index is 6.28. The van der Waals surface area contributed by atoms with Crippen LogP contribution in [0.1, 0.15) is 63.4 Å². The molecule has 0 aliphatic heterocycles. The summed E-state index contributed by atoms with van der Waals surface area (Å²) < 4.78 is -0.877. The zero-order chi connectivity index (χ0) is 14.1. The third-order valence-electron chi connectivity index (χ3n) is 3.44. The van der Waals surface area contributed by atoms with Gasteiger partial charge in [0.2, 0.25) is 0 Å². The topological polar surface area (TPSA) is 0 Å². The second-order valence-corrected chi connectivity index (χ2v) is 8.61. The van der Waals surface area contributed by atoms with Crippen molar-refractivity contribution < 1.29 is 0 Å². The third-order valence-corrected chi connectivity index (χ3v) is 4.52. The van der Waals surface area contributed by atoms with E-state index < -0.39 is 3.24 Å². The Kier molecular flexibility index (Phi) is 8.45. The van der Waals surface area contributed by atoms with Crippen LogP contribution in [0.2, 0.25) is 0 Å². The molecule has 0 aromatic heterocycles. The van der Waals surface area contributed by atoms with Crippen LogP contribution in [0.3, 0.4) is 0 Å². The van der Waals surface area contributed by atoms with Crippen LogP contribution in [0.15, 0.2) is 30.3 Å². The Labute approximate surface area is 136 Å². The molecule has 0 heterocycles. The van der Waals surface area contributed by atoms with Crippen molar-refractivity contribution in [2.45, 2.75) is 61.0 Å². The molecule has 3 heteroatoms. The van der Waals surface area contributed by atoms with Crippen LogP contribution in [0.4, 0.5) is 0 Å². The molecule has 1 unspecified atom stereocenters. The van der Waals surface area contributed by atoms with Gasteiger partial charge in [-0.1, -0.05) is 99.0 Å². The lowest BCUT2D eigenvalue weighted by molar-refractivity contribution is 0.546. The predicted octanol–water partition coefficient (Wildman–Crippen LogP) is 7.05. The molecule has 1 aromatic rings. The maximum Gasteiger partial charge on any atom is 0.178 e. The average Bonchev–Trinajstić information content (AvgIpc) is 2.37. The van der Waals surface area contributed by atoms with Gasteiger partial charge in [-0.15, -0.1) is 0 Å². The van der Waals surface area contributed by atoms with Gasteiger partial charge in [-0.2, -0.15) is 0 Å². The van der Waals surface area contributed by atoms with E-state index in [0.717, 1.165) is 6.42 Å². The highest BCUT2D eigenvalue weighted by Gasteiger charge is 2.32. The summed E-state index contributed by atoms with van der Waals surface area (Å²) in [7, 11) is 0. The van der Waals surface area contributed by atoms with Gasteiger partial charge in [-0.05, 0) is 27.9 Å². The summed E-state index contributed by atoms with van der Waals surface area (Å²) >= 11 is 16.0. The minimum atomic E-state index is -0.877. The number of halogens is 3. The quantitative estimate of drug-likeness (QED) is 0.325. The van der Waals surface area contributed by atoms with Crippen molar-refractivity contribution in [2.24, 2.45) is 0 Å². The summed E-state index contributed by atoms with van der Waals surface area (Å²) in [5.41, 5.74) is 1.21. The molecule has 0 N–H and O–H groups in total. The first-order chi connectivity index (χ1) is 9.05. The second kappa shape index (κ2) is 9.26. The Morgan fingerprint density at radius 2 is 1.58 bits per heavy atom. The highest BCUT2D eigenvalue weighted by atomic mass is 79.9. The molecule has 0 bridgehead atoms. The van der Waals surface area contributed by atoms with Crippen LogP contribution in [0.25, 0.3) is 0 Å². The lowest BCUT2D eigenvalue weighted by atomic mass is 9.94. The van der Waals surface area contributed by atoms with Gasteiger partial charge in [0.15, 0.2) is 3.24 Å². The van der Waals surface area contributed by atoms with Crippen molar-refractivity contribution in [3.63, 3.8) is 0 Å². The molecule has 0 amide bonds. The van der Waals surface area contributed by atoms with Crippen LogP contribution in [0, 0.1) is 0 Å². The Hall–Kier alpha value is 0.280. The molecule has 0 saturated heterocycles. The van der Waals surface area contributed by atoms with Gasteiger partial charge in [-0.3, -0.25) is 0 Å². The summed E-state index contributed by atoms with van der Waals surface area (Å²) in [6.45, 7) is 2.24. The highest BCUT2D eigenvalue weighted by molar-refractivity contribution is 9.11. The van der Waals surface area contributed by atoms with Gasteiger partial charge >= 0.3 is 0 Å². The van der Waals surface area contributed by atoms with Crippen molar-refractivity contribution in [1.82, 2.24) is 0 Å². The fourth-order valence-corrected chi connectivity index (χ4v) is 3.30. The van der Waals surface area contributed by atoms with Gasteiger partial charge in [0.1, 0.15) is 0 Å². The fraction of sp³-hybridized carbons (Fsp3) is 0.625. The normalized spacial score (nSPS) is 13.5. The van der Waals surface area contributed by atoms with E-state index in [0.29, 0.717) is 0 Å². The first kappa shape index (κ1) is 17.3. The van der Waals surface area contributed by atoms with E-state index in [-0.39, 0.29) is 5.92 Å². The number of benzene rings is 1. The summed E-state index contributed by atoms with van der Waals surface area (Å²) in [4.78, 5) is 0. The van der Waals surface area contributed by atoms with Crippen LogP contribution < -0.4 is 0 Å². The van der Waals surface area contributed by atoms with Crippen molar-refractivity contribution >= 4 is 39.1 Å². The van der Waals surface area contributed by atoms with Gasteiger partial charge in [0.25, 0.3) is 0 Å². The lowest BCUT2D eigenvalue weighted by Crippen LogP contribution is -2.16. The van der Waals surface area contributed by atoms with E-state index >= 15 is 0 Å². The monoisotopic (exact) mass is 364 g/mol. The number of hydrogen-bond donors (Lipinski definition) is 0. The molecule has 0 aliphatic rings. The summed E-state index contributed by atoms with van der Waals surface area (Å²) in [5, 5.41) is 0. The molecule has 108 valence electrons. The fourth-order valence-electron chi connectivity index (χ4n) is 2.33. The SMILES string of the molecule is CCCCCCCCC(c1ccccc1)C(Cl)(Cl)Br. The Bertz CT molecular complexity index is 332. The first-order valence-electron chi connectivity index (χ1n) is 7.17. The van der Waals surface area contributed by atoms with Crippen LogP contribution in [-0.2, 0) is 0 Å². The van der Waals surface area contributed by atoms with Crippen molar-refractivity contribution in [1.29, 1.82) is 0 Å². The van der Waals surface area contributed by atoms with Gasteiger partial charge in [0.05, 0.1) is 0 Å². The lowest BCUT2D eigenvalue weighted by Gasteiger charge is -2.25. The molecule has 0 radical (unpaired) electrons. The average molecular weight is 366 g/mol. The number of hydrogen-bond acceptors (Lipinski definition) is 0. The van der Waals surface area contributed by atoms with E-state index in [1.54, 1.807) is 0 Å². The van der Waals surface area contributed by atoms with Gasteiger partial charge in [-0.25, -0.2) is 0 Å². The van der Waals surface area contributed by atoms with E-state index in [1.165, 1.54) is 44.1 Å². The van der Waals surface area contributed by atoms with Crippen molar-refractivity contribution in [3.8, 4) is 0 Å². The molecule has 1 atom stereocenters. The zero-order valence-corrected chi connectivity index (χ0v) is 14.6. The third kappa shape index (κ3) is 7.02. The van der Waals surface area contributed by atoms with E-state index in [9.17, 15) is 0 Å². The number of unbranched alkanes of at least 4 members (excludes halogenated alkanes) is 5. The molecule has 0 nitrogen and oxygen atoms in total. The molecule has 0 saturated carbocycles. The second-order valence-electron chi connectivity index (χ2n) is 5.06. The molecule has 1 rings (SSSR count). The van der Waals surface area contributed by atoms with Gasteiger partial charge in [0, 0.05) is 5.92 Å². The van der Waals surface area contributed by atoms with E-state index in [1.807, 2.05) is 18.2 Å². The molecular weight excluding hydrogens is 343 g/mol. The van der Waals surface area contributed by atoms with E-state index in [2.05, 4.69) is 35.0 Å². The predicted molar refractivity (Wildman–Crippen MR) is 90.5 cm³/mol. The van der Waals surface area contributed by atoms with Crippen LogP contribution in [0.5, 0.6) is 0 Å². The molecule has 19 heavy (non-hydrogen) atoms. The smallest absolute Gasteiger partial charge is 0.0881 e. The molecular formula is C16H23BrCl2. The van der Waals surface area contributed by atoms with Crippen LogP contribution in [-0.4, -0.2) is 3.24 Å². The minimum Gasteiger partial charge on any atom is -0.0881 e. The van der Waals surface area contributed by atoms with Crippen LogP contribution >= 0.6 is 39.1 Å².